The lowest BCUT2D eigenvalue weighted by atomic mass is 10.3. The quantitative estimate of drug-likeness (QED) is 0.849. The third kappa shape index (κ3) is 2.92. The molecule has 0 unspecified atom stereocenters. The van der Waals surface area contributed by atoms with Gasteiger partial charge in [-0.2, -0.15) is 0 Å². The molecule has 0 atom stereocenters. The Morgan fingerprint density at radius 1 is 1.44 bits per heavy atom. The summed E-state index contributed by atoms with van der Waals surface area (Å²) in [6, 6.07) is 5.84. The Kier molecular flexibility index (Phi) is 4.04. The Balaban J connectivity index is 2.12. The van der Waals surface area contributed by atoms with E-state index >= 15 is 0 Å². The van der Waals surface area contributed by atoms with Gasteiger partial charge in [0, 0.05) is 17.6 Å². The van der Waals surface area contributed by atoms with E-state index in [9.17, 15) is 4.79 Å². The number of hydrogen-bond donors (Lipinski definition) is 0. The van der Waals surface area contributed by atoms with Crippen molar-refractivity contribution in [1.82, 2.24) is 14.9 Å². The number of rotatable bonds is 4. The number of nitrogens with zero attached hydrogens (tertiary/aromatic N) is 3. The first-order valence-electron chi connectivity index (χ1n) is 5.80. The van der Waals surface area contributed by atoms with Gasteiger partial charge in [-0.3, -0.25) is 9.78 Å². The van der Waals surface area contributed by atoms with Crippen LogP contribution in [0.15, 0.2) is 29.1 Å². The Labute approximate surface area is 110 Å². The number of pyridine rings is 1. The van der Waals surface area contributed by atoms with E-state index in [-0.39, 0.29) is 5.91 Å². The summed E-state index contributed by atoms with van der Waals surface area (Å²) < 4.78 is 0. The molecule has 0 saturated heterocycles. The van der Waals surface area contributed by atoms with E-state index in [1.54, 1.807) is 15.8 Å². The lowest BCUT2D eigenvalue weighted by Crippen LogP contribution is -2.30. The Bertz CT molecular complexity index is 525. The van der Waals surface area contributed by atoms with Crippen LogP contribution in [0.2, 0.25) is 0 Å². The van der Waals surface area contributed by atoms with Gasteiger partial charge in [0.15, 0.2) is 0 Å². The van der Waals surface area contributed by atoms with E-state index in [1.165, 1.54) is 11.3 Å². The van der Waals surface area contributed by atoms with Crippen LogP contribution in [0.5, 0.6) is 0 Å². The van der Waals surface area contributed by atoms with E-state index in [2.05, 4.69) is 9.97 Å². The van der Waals surface area contributed by atoms with Crippen molar-refractivity contribution in [3.63, 3.8) is 0 Å². The van der Waals surface area contributed by atoms with Gasteiger partial charge in [0.05, 0.1) is 17.7 Å². The summed E-state index contributed by atoms with van der Waals surface area (Å²) in [4.78, 5) is 22.4. The van der Waals surface area contributed by atoms with Crippen LogP contribution in [0.25, 0.3) is 0 Å². The van der Waals surface area contributed by atoms with Crippen LogP contribution in [0, 0.1) is 6.92 Å². The molecule has 0 N–H and O–H groups in total. The topological polar surface area (TPSA) is 46.1 Å². The maximum Gasteiger partial charge on any atom is 0.273 e. The van der Waals surface area contributed by atoms with Gasteiger partial charge in [0.1, 0.15) is 5.69 Å². The monoisotopic (exact) mass is 261 g/mol. The maximum atomic E-state index is 12.2. The molecule has 1 amide bonds. The molecule has 2 aromatic rings. The minimum absolute atomic E-state index is 0.0398. The normalized spacial score (nSPS) is 10.3. The number of aryl methyl sites for hydroxylation is 1. The van der Waals surface area contributed by atoms with Crippen molar-refractivity contribution in [1.29, 1.82) is 0 Å². The molecule has 4 nitrogen and oxygen atoms in total. The summed E-state index contributed by atoms with van der Waals surface area (Å²) in [5, 5.41) is 1.77. The highest BCUT2D eigenvalue weighted by molar-refractivity contribution is 7.07. The Morgan fingerprint density at radius 3 is 2.89 bits per heavy atom. The van der Waals surface area contributed by atoms with Gasteiger partial charge in [0.25, 0.3) is 5.91 Å². The summed E-state index contributed by atoms with van der Waals surface area (Å²) in [6.07, 6.45) is 0. The van der Waals surface area contributed by atoms with Crippen molar-refractivity contribution < 1.29 is 4.79 Å². The maximum absolute atomic E-state index is 12.2. The van der Waals surface area contributed by atoms with Crippen molar-refractivity contribution in [2.75, 3.05) is 6.54 Å². The first kappa shape index (κ1) is 12.7. The summed E-state index contributed by atoms with van der Waals surface area (Å²) in [5.74, 6) is -0.0398. The molecule has 0 bridgehead atoms. The number of aromatic nitrogens is 2. The average Bonchev–Trinajstić information content (AvgIpc) is 2.89. The minimum atomic E-state index is -0.0398. The van der Waals surface area contributed by atoms with Crippen LogP contribution in [-0.4, -0.2) is 27.3 Å². The molecule has 2 rings (SSSR count). The first-order valence-corrected chi connectivity index (χ1v) is 6.75. The van der Waals surface area contributed by atoms with Crippen LogP contribution in [-0.2, 0) is 6.54 Å². The van der Waals surface area contributed by atoms with Crippen LogP contribution >= 0.6 is 11.3 Å². The molecule has 0 aliphatic rings. The van der Waals surface area contributed by atoms with Crippen molar-refractivity contribution in [3.05, 3.63) is 46.2 Å². The van der Waals surface area contributed by atoms with Crippen LogP contribution in [0.3, 0.4) is 0 Å². The molecule has 0 spiro atoms. The van der Waals surface area contributed by atoms with Crippen LogP contribution in [0.1, 0.15) is 28.8 Å². The zero-order chi connectivity index (χ0) is 13.0. The zero-order valence-electron chi connectivity index (χ0n) is 10.5. The van der Waals surface area contributed by atoms with Gasteiger partial charge in [0.2, 0.25) is 0 Å². The third-order valence-electron chi connectivity index (χ3n) is 2.62. The highest BCUT2D eigenvalue weighted by Gasteiger charge is 2.16. The molecule has 5 heteroatoms. The molecule has 0 aromatic carbocycles. The number of thiazole rings is 1. The fraction of sp³-hybridized carbons (Fsp3) is 0.308. The van der Waals surface area contributed by atoms with E-state index in [0.717, 1.165) is 11.4 Å². The van der Waals surface area contributed by atoms with Gasteiger partial charge in [-0.15, -0.1) is 11.3 Å². The Hall–Kier alpha value is -1.75. The van der Waals surface area contributed by atoms with Crippen LogP contribution < -0.4 is 0 Å². The van der Waals surface area contributed by atoms with E-state index in [1.807, 2.05) is 32.0 Å². The molecule has 0 fully saturated rings. The third-order valence-corrected chi connectivity index (χ3v) is 3.21. The predicted molar refractivity (Wildman–Crippen MR) is 71.5 cm³/mol. The summed E-state index contributed by atoms with van der Waals surface area (Å²) in [5.41, 5.74) is 4.05. The molecule has 2 aromatic heterocycles. The van der Waals surface area contributed by atoms with Gasteiger partial charge in [-0.05, 0) is 26.0 Å². The smallest absolute Gasteiger partial charge is 0.273 e. The second kappa shape index (κ2) is 5.73. The van der Waals surface area contributed by atoms with Gasteiger partial charge in [-0.1, -0.05) is 6.07 Å². The number of carbonyl (C=O) groups is 1. The molecule has 0 saturated carbocycles. The fourth-order valence-corrected chi connectivity index (χ4v) is 2.22. The van der Waals surface area contributed by atoms with E-state index in [0.29, 0.717) is 18.8 Å². The molecule has 0 aliphatic carbocycles. The second-order valence-electron chi connectivity index (χ2n) is 3.96. The molecule has 0 radical (unpaired) electrons. The SMILES string of the molecule is CCN(Cc1cccc(C)n1)C(=O)c1cscn1. The number of amides is 1. The molecule has 0 aliphatic heterocycles. The lowest BCUT2D eigenvalue weighted by Gasteiger charge is -2.19. The van der Waals surface area contributed by atoms with Crippen molar-refractivity contribution in [2.45, 2.75) is 20.4 Å². The minimum Gasteiger partial charge on any atom is -0.332 e. The highest BCUT2D eigenvalue weighted by Crippen LogP contribution is 2.09. The average molecular weight is 261 g/mol. The van der Waals surface area contributed by atoms with Gasteiger partial charge >= 0.3 is 0 Å². The second-order valence-corrected chi connectivity index (χ2v) is 4.68. The number of carbonyl (C=O) groups excluding carboxylic acids is 1. The zero-order valence-corrected chi connectivity index (χ0v) is 11.3. The van der Waals surface area contributed by atoms with Crippen molar-refractivity contribution >= 4 is 17.2 Å². The fourth-order valence-electron chi connectivity index (χ4n) is 1.69. The van der Waals surface area contributed by atoms with Gasteiger partial charge in [-0.25, -0.2) is 4.98 Å². The number of hydrogen-bond acceptors (Lipinski definition) is 4. The lowest BCUT2D eigenvalue weighted by molar-refractivity contribution is 0.0745. The largest absolute Gasteiger partial charge is 0.332 e. The summed E-state index contributed by atoms with van der Waals surface area (Å²) in [7, 11) is 0. The van der Waals surface area contributed by atoms with Crippen LogP contribution in [0.4, 0.5) is 0 Å². The van der Waals surface area contributed by atoms with Gasteiger partial charge < -0.3 is 4.90 Å². The molecular weight excluding hydrogens is 246 g/mol. The molecule has 18 heavy (non-hydrogen) atoms. The van der Waals surface area contributed by atoms with Crippen molar-refractivity contribution in [3.8, 4) is 0 Å². The molecule has 2 heterocycles. The standard InChI is InChI=1S/C13H15N3OS/c1-3-16(13(17)12-8-18-9-14-12)7-11-6-4-5-10(2)15-11/h4-6,8-9H,3,7H2,1-2H3. The molecular formula is C13H15N3OS. The van der Waals surface area contributed by atoms with Crippen molar-refractivity contribution in [2.24, 2.45) is 0 Å². The summed E-state index contributed by atoms with van der Waals surface area (Å²) >= 11 is 1.43. The summed E-state index contributed by atoms with van der Waals surface area (Å²) in [6.45, 7) is 5.07. The highest BCUT2D eigenvalue weighted by atomic mass is 32.1. The van der Waals surface area contributed by atoms with E-state index < -0.39 is 0 Å². The molecule has 94 valence electrons. The predicted octanol–water partition coefficient (Wildman–Crippen LogP) is 2.51. The first-order chi connectivity index (χ1) is 8.70. The Morgan fingerprint density at radius 2 is 2.28 bits per heavy atom. The van der Waals surface area contributed by atoms with E-state index in [4.69, 9.17) is 0 Å².